The fourth-order valence-electron chi connectivity index (χ4n) is 2.67. The van der Waals surface area contributed by atoms with E-state index >= 15 is 0 Å². The number of nitrogen functional groups attached to an aromatic ring is 1. The summed E-state index contributed by atoms with van der Waals surface area (Å²) in [5.74, 6) is 0.367. The Morgan fingerprint density at radius 3 is 2.81 bits per heavy atom. The highest BCUT2D eigenvalue weighted by Gasteiger charge is 2.27. The Bertz CT molecular complexity index is 681. The number of fused-ring (bicyclic) bond motifs is 1. The maximum absolute atomic E-state index is 12.1. The normalized spacial score (nSPS) is 15.8. The van der Waals surface area contributed by atoms with Crippen molar-refractivity contribution in [1.29, 1.82) is 0 Å². The van der Waals surface area contributed by atoms with Crippen LogP contribution < -0.4 is 10.5 Å². The molecule has 0 aliphatic heterocycles. The minimum atomic E-state index is -0.407. The van der Waals surface area contributed by atoms with Crippen molar-refractivity contribution in [2.24, 2.45) is 0 Å². The first-order valence-corrected chi connectivity index (χ1v) is 6.88. The number of esters is 1. The molecule has 108 valence electrons. The van der Waals surface area contributed by atoms with Crippen LogP contribution >= 0.6 is 0 Å². The van der Waals surface area contributed by atoms with Gasteiger partial charge in [-0.1, -0.05) is 30.3 Å². The van der Waals surface area contributed by atoms with Crippen molar-refractivity contribution in [3.63, 3.8) is 0 Å². The van der Waals surface area contributed by atoms with Gasteiger partial charge in [0.1, 0.15) is 5.75 Å². The number of anilines is 1. The largest absolute Gasteiger partial charge is 0.495 e. The number of methoxy groups -OCH3 is 1. The van der Waals surface area contributed by atoms with Crippen LogP contribution in [0.1, 0.15) is 27.4 Å². The van der Waals surface area contributed by atoms with Crippen LogP contribution in [-0.2, 0) is 11.2 Å². The van der Waals surface area contributed by atoms with Crippen molar-refractivity contribution in [2.75, 3.05) is 19.5 Å². The summed E-state index contributed by atoms with van der Waals surface area (Å²) in [6, 6.07) is 13.3. The minimum Gasteiger partial charge on any atom is -0.495 e. The molecule has 2 aromatic rings. The lowest BCUT2D eigenvalue weighted by Gasteiger charge is -2.29. The van der Waals surface area contributed by atoms with E-state index in [1.165, 1.54) is 18.2 Å². The lowest BCUT2D eigenvalue weighted by Crippen LogP contribution is -2.23. The van der Waals surface area contributed by atoms with Gasteiger partial charge in [-0.2, -0.15) is 0 Å². The molecule has 3 rings (SSSR count). The van der Waals surface area contributed by atoms with Crippen LogP contribution in [0.5, 0.6) is 5.75 Å². The highest BCUT2D eigenvalue weighted by atomic mass is 16.5. The summed E-state index contributed by atoms with van der Waals surface area (Å²) in [5.41, 5.74) is 9.17. The Labute approximate surface area is 123 Å². The highest BCUT2D eigenvalue weighted by molar-refractivity contribution is 5.96. The molecular formula is C17H17NO3. The fourth-order valence-corrected chi connectivity index (χ4v) is 2.67. The first-order chi connectivity index (χ1) is 10.2. The van der Waals surface area contributed by atoms with Crippen LogP contribution in [0.4, 0.5) is 5.69 Å². The summed E-state index contributed by atoms with van der Waals surface area (Å²) in [6.07, 6.45) is 0.955. The van der Waals surface area contributed by atoms with Gasteiger partial charge in [-0.3, -0.25) is 0 Å². The first-order valence-electron chi connectivity index (χ1n) is 6.88. The van der Waals surface area contributed by atoms with Crippen LogP contribution in [0.25, 0.3) is 0 Å². The van der Waals surface area contributed by atoms with Gasteiger partial charge in [-0.05, 0) is 29.7 Å². The van der Waals surface area contributed by atoms with Gasteiger partial charge < -0.3 is 15.2 Å². The van der Waals surface area contributed by atoms with Crippen LogP contribution in [0.3, 0.4) is 0 Å². The monoisotopic (exact) mass is 283 g/mol. The molecular weight excluding hydrogens is 266 g/mol. The highest BCUT2D eigenvalue weighted by Crippen LogP contribution is 2.35. The average Bonchev–Trinajstić information content (AvgIpc) is 2.48. The van der Waals surface area contributed by atoms with Gasteiger partial charge in [-0.25, -0.2) is 4.79 Å². The maximum Gasteiger partial charge on any atom is 0.340 e. The van der Waals surface area contributed by atoms with E-state index in [1.807, 2.05) is 12.1 Å². The molecule has 0 radical (unpaired) electrons. The van der Waals surface area contributed by atoms with Gasteiger partial charge in [0, 0.05) is 5.92 Å². The van der Waals surface area contributed by atoms with E-state index in [0.717, 1.165) is 6.42 Å². The second-order valence-corrected chi connectivity index (χ2v) is 5.12. The molecule has 1 aliphatic rings. The molecule has 0 bridgehead atoms. The third-order valence-electron chi connectivity index (χ3n) is 3.88. The van der Waals surface area contributed by atoms with Gasteiger partial charge in [0.2, 0.25) is 0 Å². The average molecular weight is 283 g/mol. The van der Waals surface area contributed by atoms with E-state index in [2.05, 4.69) is 12.1 Å². The van der Waals surface area contributed by atoms with Crippen LogP contribution in [-0.4, -0.2) is 19.7 Å². The molecule has 0 spiro atoms. The number of para-hydroxylation sites is 1. The molecule has 0 saturated carbocycles. The number of rotatable bonds is 4. The zero-order valence-electron chi connectivity index (χ0n) is 11.8. The molecule has 1 unspecified atom stereocenters. The third kappa shape index (κ3) is 2.44. The molecule has 1 aliphatic carbocycles. The Hall–Kier alpha value is -2.49. The molecule has 0 amide bonds. The van der Waals surface area contributed by atoms with Gasteiger partial charge in [-0.15, -0.1) is 0 Å². The summed E-state index contributed by atoms with van der Waals surface area (Å²) >= 11 is 0. The van der Waals surface area contributed by atoms with Crippen molar-refractivity contribution in [1.82, 2.24) is 0 Å². The maximum atomic E-state index is 12.1. The van der Waals surface area contributed by atoms with Gasteiger partial charge >= 0.3 is 5.97 Å². The molecule has 4 heteroatoms. The van der Waals surface area contributed by atoms with Gasteiger partial charge in [0.05, 0.1) is 25.0 Å². The van der Waals surface area contributed by atoms with Crippen LogP contribution in [0.2, 0.25) is 0 Å². The van der Waals surface area contributed by atoms with Crippen molar-refractivity contribution < 1.29 is 14.3 Å². The van der Waals surface area contributed by atoms with Crippen molar-refractivity contribution in [3.8, 4) is 5.75 Å². The van der Waals surface area contributed by atoms with Crippen LogP contribution in [0, 0.1) is 0 Å². The zero-order chi connectivity index (χ0) is 14.8. The van der Waals surface area contributed by atoms with Gasteiger partial charge in [0.15, 0.2) is 0 Å². The lowest BCUT2D eigenvalue weighted by atomic mass is 9.78. The van der Waals surface area contributed by atoms with E-state index in [1.54, 1.807) is 18.2 Å². The molecule has 21 heavy (non-hydrogen) atoms. The minimum absolute atomic E-state index is 0.289. The predicted molar refractivity (Wildman–Crippen MR) is 80.6 cm³/mol. The number of hydrogen-bond donors (Lipinski definition) is 1. The van der Waals surface area contributed by atoms with Crippen LogP contribution in [0.15, 0.2) is 42.5 Å². The number of nitrogens with two attached hydrogens (primary N) is 1. The zero-order valence-corrected chi connectivity index (χ0v) is 11.8. The quantitative estimate of drug-likeness (QED) is 0.692. The summed E-state index contributed by atoms with van der Waals surface area (Å²) in [4.78, 5) is 12.1. The third-order valence-corrected chi connectivity index (χ3v) is 3.88. The molecule has 1 atom stereocenters. The van der Waals surface area contributed by atoms with Gasteiger partial charge in [0.25, 0.3) is 0 Å². The smallest absolute Gasteiger partial charge is 0.340 e. The van der Waals surface area contributed by atoms with E-state index in [9.17, 15) is 4.79 Å². The van der Waals surface area contributed by atoms with E-state index in [4.69, 9.17) is 15.2 Å². The predicted octanol–water partition coefficient (Wildman–Crippen LogP) is 2.77. The number of benzene rings is 2. The Kier molecular flexibility index (Phi) is 3.52. The first kappa shape index (κ1) is 13.5. The van der Waals surface area contributed by atoms with Crippen molar-refractivity contribution in [3.05, 3.63) is 59.2 Å². The number of carbonyl (C=O) groups is 1. The molecule has 0 saturated heterocycles. The van der Waals surface area contributed by atoms with Crippen molar-refractivity contribution >= 4 is 11.7 Å². The second kappa shape index (κ2) is 5.48. The molecule has 0 aromatic heterocycles. The van der Waals surface area contributed by atoms with E-state index < -0.39 is 5.97 Å². The SMILES string of the molecule is COc1cccc(C(=O)OCC2Cc3ccccc32)c1N. The van der Waals surface area contributed by atoms with E-state index in [0.29, 0.717) is 23.6 Å². The summed E-state index contributed by atoms with van der Waals surface area (Å²) < 4.78 is 10.5. The van der Waals surface area contributed by atoms with E-state index in [-0.39, 0.29) is 5.92 Å². The molecule has 2 aromatic carbocycles. The Morgan fingerprint density at radius 2 is 2.05 bits per heavy atom. The lowest BCUT2D eigenvalue weighted by molar-refractivity contribution is 0.0470. The molecule has 4 nitrogen and oxygen atoms in total. The molecule has 0 heterocycles. The number of ether oxygens (including phenoxy) is 2. The second-order valence-electron chi connectivity index (χ2n) is 5.12. The number of carbonyl (C=O) groups excluding carboxylic acids is 1. The molecule has 0 fully saturated rings. The standard InChI is InChI=1S/C17H17NO3/c1-20-15-8-4-7-14(16(15)18)17(19)21-10-12-9-11-5-2-3-6-13(11)12/h2-8,12H,9-10,18H2,1H3. The Morgan fingerprint density at radius 1 is 1.24 bits per heavy atom. The summed E-state index contributed by atoms with van der Waals surface area (Å²) in [5, 5.41) is 0. The molecule has 2 N–H and O–H groups in total. The number of hydrogen-bond acceptors (Lipinski definition) is 4. The topological polar surface area (TPSA) is 61.5 Å². The summed E-state index contributed by atoms with van der Waals surface area (Å²) in [7, 11) is 1.52. The Balaban J connectivity index is 1.66. The van der Waals surface area contributed by atoms with Crippen molar-refractivity contribution in [2.45, 2.75) is 12.3 Å². The fraction of sp³-hybridized carbons (Fsp3) is 0.235. The summed E-state index contributed by atoms with van der Waals surface area (Å²) in [6.45, 7) is 0.381.